The Bertz CT molecular complexity index is 850. The minimum absolute atomic E-state index is 0.0239. The lowest BCUT2D eigenvalue weighted by Gasteiger charge is -2.28. The standard InChI is InChI=1S/C14H11BrN2O4S/c1-21-11-6-7-13-12(8-11)16-14(18)17(22(13,19)20)10-4-2-9(15)3-5-10/h2-8H,1H3,(H,16,18). The van der Waals surface area contributed by atoms with E-state index in [9.17, 15) is 13.2 Å². The molecule has 6 nitrogen and oxygen atoms in total. The predicted molar refractivity (Wildman–Crippen MR) is 85.8 cm³/mol. The molecular formula is C14H11BrN2O4S. The third-order valence-electron chi connectivity index (χ3n) is 3.19. The van der Waals surface area contributed by atoms with E-state index in [4.69, 9.17) is 4.74 Å². The summed E-state index contributed by atoms with van der Waals surface area (Å²) in [5.74, 6) is 0.464. The van der Waals surface area contributed by atoms with E-state index in [1.54, 1.807) is 24.3 Å². The van der Waals surface area contributed by atoms with Gasteiger partial charge < -0.3 is 10.1 Å². The maximum atomic E-state index is 12.7. The Kier molecular flexibility index (Phi) is 3.57. The van der Waals surface area contributed by atoms with Gasteiger partial charge in [-0.2, -0.15) is 4.31 Å². The van der Waals surface area contributed by atoms with Gasteiger partial charge in [0.2, 0.25) is 0 Å². The zero-order valence-corrected chi connectivity index (χ0v) is 13.8. The fourth-order valence-electron chi connectivity index (χ4n) is 2.16. The number of benzene rings is 2. The first-order valence-corrected chi connectivity index (χ1v) is 8.47. The molecule has 1 aliphatic rings. The zero-order chi connectivity index (χ0) is 15.9. The molecule has 3 rings (SSSR count). The van der Waals surface area contributed by atoms with Gasteiger partial charge in [-0.25, -0.2) is 13.2 Å². The third kappa shape index (κ3) is 2.34. The van der Waals surface area contributed by atoms with Crippen LogP contribution in [0, 0.1) is 0 Å². The number of fused-ring (bicyclic) bond motifs is 1. The van der Waals surface area contributed by atoms with Gasteiger partial charge in [-0.3, -0.25) is 0 Å². The van der Waals surface area contributed by atoms with Crippen molar-refractivity contribution in [1.82, 2.24) is 0 Å². The quantitative estimate of drug-likeness (QED) is 0.864. The predicted octanol–water partition coefficient (Wildman–Crippen LogP) is 3.20. The van der Waals surface area contributed by atoms with Crippen LogP contribution in [0.25, 0.3) is 0 Å². The molecule has 0 fully saturated rings. The maximum Gasteiger partial charge on any atom is 0.340 e. The number of rotatable bonds is 2. The molecule has 1 heterocycles. The highest BCUT2D eigenvalue weighted by Crippen LogP contribution is 2.35. The number of sulfonamides is 1. The van der Waals surface area contributed by atoms with E-state index in [1.165, 1.54) is 25.3 Å². The van der Waals surface area contributed by atoms with Crippen molar-refractivity contribution in [1.29, 1.82) is 0 Å². The molecule has 0 spiro atoms. The van der Waals surface area contributed by atoms with Crippen LogP contribution in [-0.4, -0.2) is 21.6 Å². The van der Waals surface area contributed by atoms with Gasteiger partial charge >= 0.3 is 6.03 Å². The van der Waals surface area contributed by atoms with Gasteiger partial charge in [0, 0.05) is 10.5 Å². The molecule has 2 aromatic carbocycles. The minimum Gasteiger partial charge on any atom is -0.497 e. The average molecular weight is 383 g/mol. The second-order valence-corrected chi connectivity index (χ2v) is 7.21. The Morgan fingerprint density at radius 2 is 1.82 bits per heavy atom. The monoisotopic (exact) mass is 382 g/mol. The second kappa shape index (κ2) is 5.29. The highest BCUT2D eigenvalue weighted by Gasteiger charge is 2.38. The van der Waals surface area contributed by atoms with Crippen LogP contribution >= 0.6 is 15.9 Å². The lowest BCUT2D eigenvalue weighted by Crippen LogP contribution is -2.44. The molecule has 0 unspecified atom stereocenters. The number of hydrogen-bond acceptors (Lipinski definition) is 4. The molecule has 1 N–H and O–H groups in total. The van der Waals surface area contributed by atoms with Crippen LogP contribution in [0.1, 0.15) is 0 Å². The number of methoxy groups -OCH3 is 1. The summed E-state index contributed by atoms with van der Waals surface area (Å²) in [6.07, 6.45) is 0. The number of nitrogens with one attached hydrogen (secondary N) is 1. The Hall–Kier alpha value is -2.06. The highest BCUT2D eigenvalue weighted by atomic mass is 79.9. The zero-order valence-electron chi connectivity index (χ0n) is 11.4. The van der Waals surface area contributed by atoms with Gasteiger partial charge in [-0.1, -0.05) is 15.9 Å². The number of halogens is 1. The smallest absolute Gasteiger partial charge is 0.340 e. The summed E-state index contributed by atoms with van der Waals surface area (Å²) in [5.41, 5.74) is 0.472. The number of hydrogen-bond donors (Lipinski definition) is 1. The second-order valence-electron chi connectivity index (χ2n) is 4.54. The topological polar surface area (TPSA) is 75.7 Å². The van der Waals surface area contributed by atoms with Crippen LogP contribution in [0.3, 0.4) is 0 Å². The maximum absolute atomic E-state index is 12.7. The van der Waals surface area contributed by atoms with Crippen molar-refractivity contribution >= 4 is 43.4 Å². The van der Waals surface area contributed by atoms with E-state index in [-0.39, 0.29) is 16.3 Å². The van der Waals surface area contributed by atoms with Gasteiger partial charge in [-0.15, -0.1) is 0 Å². The summed E-state index contributed by atoms with van der Waals surface area (Å²) in [6, 6.07) is 10.1. The van der Waals surface area contributed by atoms with Gasteiger partial charge in [0.05, 0.1) is 18.5 Å². The average Bonchev–Trinajstić information content (AvgIpc) is 2.48. The lowest BCUT2D eigenvalue weighted by molar-refractivity contribution is 0.259. The highest BCUT2D eigenvalue weighted by molar-refractivity contribution is 9.10. The molecule has 0 radical (unpaired) electrons. The summed E-state index contributed by atoms with van der Waals surface area (Å²) in [4.78, 5) is 12.3. The lowest BCUT2D eigenvalue weighted by atomic mass is 10.3. The van der Waals surface area contributed by atoms with Gasteiger partial charge in [-0.05, 0) is 36.4 Å². The molecule has 0 aromatic heterocycles. The molecule has 0 saturated heterocycles. The number of ether oxygens (including phenoxy) is 1. The molecule has 0 atom stereocenters. The molecule has 22 heavy (non-hydrogen) atoms. The van der Waals surface area contributed by atoms with Crippen LogP contribution in [0.2, 0.25) is 0 Å². The first-order valence-electron chi connectivity index (χ1n) is 6.23. The number of urea groups is 1. The van der Waals surface area contributed by atoms with Crippen LogP contribution < -0.4 is 14.4 Å². The van der Waals surface area contributed by atoms with Crippen molar-refractivity contribution in [3.05, 3.63) is 46.9 Å². The molecule has 8 heteroatoms. The van der Waals surface area contributed by atoms with Crippen LogP contribution in [0.4, 0.5) is 16.2 Å². The van der Waals surface area contributed by atoms with E-state index in [1.807, 2.05) is 0 Å². The number of carbonyl (C=O) groups excluding carboxylic acids is 1. The van der Waals surface area contributed by atoms with E-state index >= 15 is 0 Å². The summed E-state index contributed by atoms with van der Waals surface area (Å²) >= 11 is 3.27. The molecule has 0 saturated carbocycles. The Morgan fingerprint density at radius 3 is 2.45 bits per heavy atom. The molecule has 0 bridgehead atoms. The van der Waals surface area contributed by atoms with Crippen molar-refractivity contribution < 1.29 is 17.9 Å². The fraction of sp³-hybridized carbons (Fsp3) is 0.0714. The van der Waals surface area contributed by atoms with E-state index in [0.717, 1.165) is 8.78 Å². The number of carbonyl (C=O) groups is 1. The van der Waals surface area contributed by atoms with E-state index in [0.29, 0.717) is 5.75 Å². The largest absolute Gasteiger partial charge is 0.497 e. The van der Waals surface area contributed by atoms with E-state index in [2.05, 4.69) is 21.2 Å². The van der Waals surface area contributed by atoms with E-state index < -0.39 is 16.1 Å². The molecule has 0 aliphatic carbocycles. The van der Waals surface area contributed by atoms with Crippen molar-refractivity contribution in [2.75, 3.05) is 16.7 Å². The molecule has 2 aromatic rings. The van der Waals surface area contributed by atoms with Crippen molar-refractivity contribution in [3.8, 4) is 5.75 Å². The Balaban J connectivity index is 2.14. The summed E-state index contributed by atoms with van der Waals surface area (Å²) < 4.78 is 32.0. The molecule has 114 valence electrons. The van der Waals surface area contributed by atoms with Crippen LogP contribution in [-0.2, 0) is 10.0 Å². The van der Waals surface area contributed by atoms with Crippen molar-refractivity contribution in [2.45, 2.75) is 4.90 Å². The summed E-state index contributed by atoms with van der Waals surface area (Å²) in [6.45, 7) is 0. The summed E-state index contributed by atoms with van der Waals surface area (Å²) in [7, 11) is -2.51. The number of anilines is 2. The third-order valence-corrected chi connectivity index (χ3v) is 5.49. The van der Waals surface area contributed by atoms with Gasteiger partial charge in [0.15, 0.2) is 0 Å². The first-order chi connectivity index (χ1) is 10.4. The normalized spacial score (nSPS) is 15.9. The minimum atomic E-state index is -3.97. The first kappa shape index (κ1) is 14.9. The molecule has 2 amide bonds. The molecular weight excluding hydrogens is 372 g/mol. The number of nitrogens with zero attached hydrogens (tertiary/aromatic N) is 1. The van der Waals surface area contributed by atoms with Crippen LogP contribution in [0.5, 0.6) is 5.75 Å². The number of amides is 2. The van der Waals surface area contributed by atoms with Crippen molar-refractivity contribution in [3.63, 3.8) is 0 Å². The fourth-order valence-corrected chi connectivity index (χ4v) is 3.92. The Labute approximate surface area is 135 Å². The summed E-state index contributed by atoms with van der Waals surface area (Å²) in [5, 5.41) is 2.57. The SMILES string of the molecule is COc1ccc2c(c1)NC(=O)N(c1ccc(Br)cc1)S2(=O)=O. The van der Waals surface area contributed by atoms with Crippen LogP contribution in [0.15, 0.2) is 51.8 Å². The van der Waals surface area contributed by atoms with Gasteiger partial charge in [0.1, 0.15) is 10.6 Å². The molecule has 1 aliphatic heterocycles. The Morgan fingerprint density at radius 1 is 1.14 bits per heavy atom. The van der Waals surface area contributed by atoms with Crippen molar-refractivity contribution in [2.24, 2.45) is 0 Å². The van der Waals surface area contributed by atoms with Gasteiger partial charge in [0.25, 0.3) is 10.0 Å².